The van der Waals surface area contributed by atoms with Gasteiger partial charge in [-0.15, -0.1) is 0 Å². The summed E-state index contributed by atoms with van der Waals surface area (Å²) < 4.78 is 35.8. The zero-order chi connectivity index (χ0) is 24.0. The third-order valence-corrected chi connectivity index (χ3v) is 7.05. The van der Waals surface area contributed by atoms with Gasteiger partial charge in [-0.3, -0.25) is 4.79 Å². The second-order valence-corrected chi connectivity index (χ2v) is 9.82. The Morgan fingerprint density at radius 3 is 2.45 bits per heavy atom. The molecule has 0 heterocycles. The average molecular weight is 469 g/mol. The highest BCUT2D eigenvalue weighted by atomic mass is 32.2. The van der Waals surface area contributed by atoms with Crippen LogP contribution in [0.4, 0.5) is 0 Å². The zero-order valence-electron chi connectivity index (χ0n) is 19.0. The van der Waals surface area contributed by atoms with E-state index < -0.39 is 16.0 Å². The molecular formula is C25H28N2O5S. The summed E-state index contributed by atoms with van der Waals surface area (Å²) in [5.74, 6) is 0.124. The van der Waals surface area contributed by atoms with Gasteiger partial charge in [0, 0.05) is 6.04 Å². The minimum absolute atomic E-state index is 0.00853. The predicted octanol–water partition coefficient (Wildman–Crippen LogP) is 4.37. The Balaban J connectivity index is 1.80. The smallest absolute Gasteiger partial charge is 0.339 e. The second kappa shape index (κ2) is 10.5. The van der Waals surface area contributed by atoms with Gasteiger partial charge in [-0.2, -0.15) is 13.7 Å². The normalized spacial score (nSPS) is 18.8. The van der Waals surface area contributed by atoms with E-state index in [2.05, 4.69) is 12.2 Å². The third kappa shape index (κ3) is 6.14. The standard InChI is InChI=1S/C25H28N2O5S/c1-17-8-11-21(12-9-17)33(29,30)32-23-13-10-19(15-24(23)31-3)14-20(16-26)25(28)27-22-7-5-4-6-18(22)2/h8-15,18,22H,4-7H2,1-3H3,(H,27,28)/b20-14-/t18-,22+/m1/s1. The molecule has 33 heavy (non-hydrogen) atoms. The van der Waals surface area contributed by atoms with E-state index in [1.54, 1.807) is 18.2 Å². The van der Waals surface area contributed by atoms with Crippen LogP contribution in [0.15, 0.2) is 52.9 Å². The summed E-state index contributed by atoms with van der Waals surface area (Å²) in [5, 5.41) is 12.5. The van der Waals surface area contributed by atoms with E-state index >= 15 is 0 Å². The van der Waals surface area contributed by atoms with Crippen molar-refractivity contribution in [1.82, 2.24) is 5.32 Å². The number of aryl methyl sites for hydroxylation is 1. The predicted molar refractivity (Wildman–Crippen MR) is 125 cm³/mol. The van der Waals surface area contributed by atoms with Crippen LogP contribution in [0.2, 0.25) is 0 Å². The van der Waals surface area contributed by atoms with Gasteiger partial charge in [-0.05, 0) is 61.6 Å². The second-order valence-electron chi connectivity index (χ2n) is 8.27. The lowest BCUT2D eigenvalue weighted by molar-refractivity contribution is -0.118. The fourth-order valence-electron chi connectivity index (χ4n) is 3.81. The van der Waals surface area contributed by atoms with Crippen molar-refractivity contribution in [3.63, 3.8) is 0 Å². The molecule has 0 aromatic heterocycles. The number of carbonyl (C=O) groups is 1. The van der Waals surface area contributed by atoms with Crippen molar-refractivity contribution in [2.24, 2.45) is 5.92 Å². The highest BCUT2D eigenvalue weighted by Gasteiger charge is 2.24. The van der Waals surface area contributed by atoms with Crippen molar-refractivity contribution in [3.8, 4) is 17.6 Å². The first-order valence-electron chi connectivity index (χ1n) is 10.9. The molecule has 2 aromatic carbocycles. The average Bonchev–Trinajstić information content (AvgIpc) is 2.79. The molecule has 0 bridgehead atoms. The van der Waals surface area contributed by atoms with Crippen LogP contribution < -0.4 is 14.2 Å². The van der Waals surface area contributed by atoms with Crippen molar-refractivity contribution in [1.29, 1.82) is 5.26 Å². The molecule has 1 fully saturated rings. The maximum atomic E-state index is 12.6. The SMILES string of the molecule is COc1cc(/C=C(/C#N)C(=O)N[C@H]2CCCC[C@H]2C)ccc1OS(=O)(=O)c1ccc(C)cc1. The quantitative estimate of drug-likeness (QED) is 0.367. The van der Waals surface area contributed by atoms with Crippen LogP contribution in [0.1, 0.15) is 43.7 Å². The first-order valence-corrected chi connectivity index (χ1v) is 12.3. The molecule has 2 aromatic rings. The number of nitriles is 1. The number of nitrogens with zero attached hydrogens (tertiary/aromatic N) is 1. The number of amides is 1. The Bertz CT molecular complexity index is 1180. The van der Waals surface area contributed by atoms with Gasteiger partial charge < -0.3 is 14.2 Å². The highest BCUT2D eigenvalue weighted by Crippen LogP contribution is 2.32. The van der Waals surface area contributed by atoms with Crippen LogP contribution in [0, 0.1) is 24.2 Å². The van der Waals surface area contributed by atoms with Crippen LogP contribution in [0.5, 0.6) is 11.5 Å². The maximum Gasteiger partial charge on any atom is 0.339 e. The van der Waals surface area contributed by atoms with Crippen LogP contribution in [-0.2, 0) is 14.9 Å². The summed E-state index contributed by atoms with van der Waals surface area (Å²) in [6.07, 6.45) is 5.62. The number of hydrogen-bond donors (Lipinski definition) is 1. The molecule has 0 aliphatic heterocycles. The fraction of sp³-hybridized carbons (Fsp3) is 0.360. The van der Waals surface area contributed by atoms with Gasteiger partial charge in [0.1, 0.15) is 16.5 Å². The molecule has 3 rings (SSSR count). The summed E-state index contributed by atoms with van der Waals surface area (Å²) in [5.41, 5.74) is 1.41. The van der Waals surface area contributed by atoms with Crippen molar-refractivity contribution in [2.75, 3.05) is 7.11 Å². The summed E-state index contributed by atoms with van der Waals surface area (Å²) in [6, 6.07) is 12.8. The van der Waals surface area contributed by atoms with E-state index in [1.807, 2.05) is 13.0 Å². The lowest BCUT2D eigenvalue weighted by Crippen LogP contribution is -2.41. The lowest BCUT2D eigenvalue weighted by atomic mass is 9.86. The number of nitrogens with one attached hydrogen (secondary N) is 1. The number of rotatable bonds is 7. The van der Waals surface area contributed by atoms with Crippen LogP contribution in [0.3, 0.4) is 0 Å². The van der Waals surface area contributed by atoms with E-state index in [1.165, 1.54) is 37.5 Å². The van der Waals surface area contributed by atoms with Crippen molar-refractivity contribution in [2.45, 2.75) is 50.5 Å². The van der Waals surface area contributed by atoms with Crippen molar-refractivity contribution in [3.05, 3.63) is 59.2 Å². The monoisotopic (exact) mass is 468 g/mol. The van der Waals surface area contributed by atoms with E-state index in [0.717, 1.165) is 31.2 Å². The molecule has 174 valence electrons. The summed E-state index contributed by atoms with van der Waals surface area (Å²) in [4.78, 5) is 12.7. The molecule has 1 saturated carbocycles. The van der Waals surface area contributed by atoms with E-state index in [-0.39, 0.29) is 28.0 Å². The molecular weight excluding hydrogens is 440 g/mol. The molecule has 0 unspecified atom stereocenters. The number of hydrogen-bond acceptors (Lipinski definition) is 6. The molecule has 2 atom stereocenters. The summed E-state index contributed by atoms with van der Waals surface area (Å²) >= 11 is 0. The van der Waals surface area contributed by atoms with Gasteiger partial charge >= 0.3 is 10.1 Å². The van der Waals surface area contributed by atoms with Gasteiger partial charge in [0.05, 0.1) is 7.11 Å². The first-order chi connectivity index (χ1) is 15.7. The number of benzene rings is 2. The Morgan fingerprint density at radius 1 is 1.12 bits per heavy atom. The molecule has 7 nitrogen and oxygen atoms in total. The van der Waals surface area contributed by atoms with Crippen molar-refractivity contribution >= 4 is 22.1 Å². The molecule has 8 heteroatoms. The fourth-order valence-corrected chi connectivity index (χ4v) is 4.75. The molecule has 1 amide bonds. The van der Waals surface area contributed by atoms with Crippen molar-refractivity contribution < 1.29 is 22.1 Å². The summed E-state index contributed by atoms with van der Waals surface area (Å²) in [6.45, 7) is 3.96. The van der Waals surface area contributed by atoms with Gasteiger partial charge in [0.25, 0.3) is 5.91 Å². The molecule has 1 aliphatic carbocycles. The third-order valence-electron chi connectivity index (χ3n) is 5.80. The molecule has 0 radical (unpaired) electrons. The van der Waals surface area contributed by atoms with Crippen LogP contribution >= 0.6 is 0 Å². The van der Waals surface area contributed by atoms with E-state index in [9.17, 15) is 18.5 Å². The Morgan fingerprint density at radius 2 is 1.82 bits per heavy atom. The van der Waals surface area contributed by atoms with Gasteiger partial charge in [-0.1, -0.05) is 43.5 Å². The first kappa shape index (κ1) is 24.3. The summed E-state index contributed by atoms with van der Waals surface area (Å²) in [7, 11) is -2.66. The molecule has 0 saturated heterocycles. The van der Waals surface area contributed by atoms with Gasteiger partial charge in [0.2, 0.25) is 0 Å². The molecule has 1 N–H and O–H groups in total. The van der Waals surface area contributed by atoms with E-state index in [0.29, 0.717) is 11.5 Å². The zero-order valence-corrected chi connectivity index (χ0v) is 19.8. The highest BCUT2D eigenvalue weighted by molar-refractivity contribution is 7.87. The minimum atomic E-state index is -4.05. The topological polar surface area (TPSA) is 105 Å². The number of methoxy groups -OCH3 is 1. The number of ether oxygens (including phenoxy) is 1. The Hall–Kier alpha value is -3.31. The largest absolute Gasteiger partial charge is 0.493 e. The van der Waals surface area contributed by atoms with Gasteiger partial charge in [-0.25, -0.2) is 0 Å². The van der Waals surface area contributed by atoms with Crippen LogP contribution in [0.25, 0.3) is 6.08 Å². The van der Waals surface area contributed by atoms with Gasteiger partial charge in [0.15, 0.2) is 11.5 Å². The minimum Gasteiger partial charge on any atom is -0.493 e. The lowest BCUT2D eigenvalue weighted by Gasteiger charge is -2.29. The molecule has 0 spiro atoms. The number of carbonyl (C=O) groups excluding carboxylic acids is 1. The Kier molecular flexibility index (Phi) is 7.77. The van der Waals surface area contributed by atoms with E-state index in [4.69, 9.17) is 8.92 Å². The Labute approximate surface area is 195 Å². The van der Waals surface area contributed by atoms with Crippen LogP contribution in [-0.4, -0.2) is 27.5 Å². The maximum absolute atomic E-state index is 12.6. The molecule has 1 aliphatic rings.